The van der Waals surface area contributed by atoms with Crippen molar-refractivity contribution in [2.45, 2.75) is 58.7 Å². The minimum Gasteiger partial charge on any atom is -0.489 e. The molecule has 0 aromatic carbocycles. The smallest absolute Gasteiger partial charge is 0.409 e. The third-order valence-electron chi connectivity index (χ3n) is 5.19. The van der Waals surface area contributed by atoms with Gasteiger partial charge in [-0.05, 0) is 51.7 Å². The Hall–Kier alpha value is -2.64. The Labute approximate surface area is 165 Å². The maximum Gasteiger partial charge on any atom is 0.409 e. The molecule has 3 rings (SSSR count). The van der Waals surface area contributed by atoms with Crippen LogP contribution in [0.2, 0.25) is 0 Å². The van der Waals surface area contributed by atoms with Gasteiger partial charge in [0.05, 0.1) is 17.5 Å². The van der Waals surface area contributed by atoms with E-state index in [1.165, 1.54) is 24.2 Å². The molecular weight excluding hydrogens is 358 g/mol. The molecule has 0 spiro atoms. The second kappa shape index (κ2) is 9.03. The van der Waals surface area contributed by atoms with Crippen molar-refractivity contribution in [3.05, 3.63) is 23.5 Å². The summed E-state index contributed by atoms with van der Waals surface area (Å²) in [5.41, 5.74) is 2.83. The summed E-state index contributed by atoms with van der Waals surface area (Å²) < 4.78 is 13.1. The highest BCUT2D eigenvalue weighted by atomic mass is 16.6. The summed E-state index contributed by atoms with van der Waals surface area (Å²) in [5.74, 6) is 0.817. The number of aromatic nitrogens is 4. The van der Waals surface area contributed by atoms with Crippen molar-refractivity contribution < 1.29 is 14.3 Å². The predicted octanol–water partition coefficient (Wildman–Crippen LogP) is 3.49. The second-order valence-corrected chi connectivity index (χ2v) is 7.24. The fraction of sp³-hybridized carbons (Fsp3) is 0.600. The number of rotatable bonds is 6. The van der Waals surface area contributed by atoms with Crippen molar-refractivity contribution in [1.29, 1.82) is 0 Å². The van der Waals surface area contributed by atoms with Gasteiger partial charge in [-0.3, -0.25) is 0 Å². The molecule has 2 aromatic rings. The van der Waals surface area contributed by atoms with Gasteiger partial charge in [0.25, 0.3) is 0 Å². The molecule has 1 fully saturated rings. The number of carbonyl (C=O) groups excluding carboxylic acids is 1. The summed E-state index contributed by atoms with van der Waals surface area (Å²) >= 11 is 0. The van der Waals surface area contributed by atoms with E-state index in [0.29, 0.717) is 23.6 Å². The predicted molar refractivity (Wildman–Crippen MR) is 105 cm³/mol. The maximum absolute atomic E-state index is 11.9. The van der Waals surface area contributed by atoms with Crippen LogP contribution in [0, 0.1) is 6.92 Å². The molecule has 0 radical (unpaired) electrons. The number of hydrogen-bond acceptors (Lipinski definition) is 6. The lowest BCUT2D eigenvalue weighted by atomic mass is 9.98. The molecule has 1 amide bonds. The largest absolute Gasteiger partial charge is 0.489 e. The average molecular weight is 387 g/mol. The number of hydrogen-bond donors (Lipinski definition) is 0. The van der Waals surface area contributed by atoms with Gasteiger partial charge in [-0.1, -0.05) is 11.6 Å². The fourth-order valence-corrected chi connectivity index (χ4v) is 3.27. The average Bonchev–Trinajstić information content (AvgIpc) is 3.08. The van der Waals surface area contributed by atoms with Gasteiger partial charge in [-0.2, -0.15) is 0 Å². The summed E-state index contributed by atoms with van der Waals surface area (Å²) in [6.07, 6.45) is 5.86. The van der Waals surface area contributed by atoms with Gasteiger partial charge in [0.15, 0.2) is 0 Å². The Kier molecular flexibility index (Phi) is 6.49. The number of amides is 1. The van der Waals surface area contributed by atoms with Gasteiger partial charge in [0.1, 0.15) is 23.7 Å². The molecule has 0 N–H and O–H groups in total. The SMILES string of the molecule is CCN(C)C(=O)OCc1c(-c2ccc(OC3CCCCC3)c(C)n2)nnn1C. The van der Waals surface area contributed by atoms with Gasteiger partial charge in [0.2, 0.25) is 0 Å². The zero-order valence-corrected chi connectivity index (χ0v) is 17.1. The first-order valence-electron chi connectivity index (χ1n) is 9.90. The van der Waals surface area contributed by atoms with Crippen molar-refractivity contribution in [1.82, 2.24) is 24.9 Å². The Morgan fingerprint density at radius 1 is 1.29 bits per heavy atom. The van der Waals surface area contributed by atoms with E-state index >= 15 is 0 Å². The highest BCUT2D eigenvalue weighted by molar-refractivity contribution is 5.67. The summed E-state index contributed by atoms with van der Waals surface area (Å²) in [7, 11) is 3.47. The van der Waals surface area contributed by atoms with Crippen molar-refractivity contribution >= 4 is 6.09 Å². The topological polar surface area (TPSA) is 82.4 Å². The Morgan fingerprint density at radius 2 is 2.04 bits per heavy atom. The molecule has 8 heteroatoms. The summed E-state index contributed by atoms with van der Waals surface area (Å²) in [6, 6.07) is 3.83. The standard InChI is InChI=1S/C20H29N5O3/c1-5-24(3)20(26)27-13-17-19(22-23-25(17)4)16-11-12-18(14(2)21-16)28-15-9-7-6-8-10-15/h11-12,15H,5-10,13H2,1-4H3. The number of pyridine rings is 1. The molecule has 1 aliphatic carbocycles. The molecule has 28 heavy (non-hydrogen) atoms. The number of ether oxygens (including phenoxy) is 2. The van der Waals surface area contributed by atoms with E-state index in [4.69, 9.17) is 9.47 Å². The number of aryl methyl sites for hydroxylation is 2. The van der Waals surface area contributed by atoms with Crippen molar-refractivity contribution in [3.8, 4) is 17.1 Å². The van der Waals surface area contributed by atoms with Crippen LogP contribution in [0.1, 0.15) is 50.4 Å². The van der Waals surface area contributed by atoms with Gasteiger partial charge < -0.3 is 14.4 Å². The zero-order chi connectivity index (χ0) is 20.1. The molecule has 8 nitrogen and oxygen atoms in total. The fourth-order valence-electron chi connectivity index (χ4n) is 3.27. The monoisotopic (exact) mass is 387 g/mol. The van der Waals surface area contributed by atoms with E-state index in [1.807, 2.05) is 26.0 Å². The molecule has 152 valence electrons. The zero-order valence-electron chi connectivity index (χ0n) is 17.1. The highest BCUT2D eigenvalue weighted by Crippen LogP contribution is 2.28. The van der Waals surface area contributed by atoms with Gasteiger partial charge >= 0.3 is 6.09 Å². The van der Waals surface area contributed by atoms with Crippen LogP contribution in [0.4, 0.5) is 4.79 Å². The van der Waals surface area contributed by atoms with Crippen molar-refractivity contribution in [3.63, 3.8) is 0 Å². The van der Waals surface area contributed by atoms with E-state index in [9.17, 15) is 4.79 Å². The maximum atomic E-state index is 11.9. The van der Waals surface area contributed by atoms with Crippen molar-refractivity contribution in [2.75, 3.05) is 13.6 Å². The first-order chi connectivity index (χ1) is 13.5. The summed E-state index contributed by atoms with van der Waals surface area (Å²) in [5, 5.41) is 8.29. The molecule has 0 aliphatic heterocycles. The third kappa shape index (κ3) is 4.61. The number of nitrogens with zero attached hydrogens (tertiary/aromatic N) is 5. The quantitative estimate of drug-likeness (QED) is 0.755. The molecular formula is C20H29N5O3. The van der Waals surface area contributed by atoms with Crippen LogP contribution in [-0.2, 0) is 18.4 Å². The lowest BCUT2D eigenvalue weighted by Gasteiger charge is -2.23. The number of carbonyl (C=O) groups is 1. The Morgan fingerprint density at radius 3 is 2.71 bits per heavy atom. The molecule has 0 atom stereocenters. The Balaban J connectivity index is 1.74. The van der Waals surface area contributed by atoms with Crippen LogP contribution in [0.25, 0.3) is 11.4 Å². The molecule has 0 unspecified atom stereocenters. The minimum absolute atomic E-state index is 0.0864. The van der Waals surface area contributed by atoms with Crippen LogP contribution < -0.4 is 4.74 Å². The lowest BCUT2D eigenvalue weighted by molar-refractivity contribution is 0.104. The van der Waals surface area contributed by atoms with Crippen LogP contribution in [0.3, 0.4) is 0 Å². The van der Waals surface area contributed by atoms with Crippen LogP contribution in [-0.4, -0.2) is 50.7 Å². The molecule has 0 saturated heterocycles. The van der Waals surface area contributed by atoms with Crippen LogP contribution in [0.15, 0.2) is 12.1 Å². The summed E-state index contributed by atoms with van der Waals surface area (Å²) in [4.78, 5) is 18.1. The first kappa shape index (κ1) is 20.1. The highest BCUT2D eigenvalue weighted by Gasteiger charge is 2.20. The van der Waals surface area contributed by atoms with Gasteiger partial charge in [-0.15, -0.1) is 5.10 Å². The molecule has 2 heterocycles. The first-order valence-corrected chi connectivity index (χ1v) is 9.90. The second-order valence-electron chi connectivity index (χ2n) is 7.24. The van der Waals surface area contributed by atoms with E-state index in [1.54, 1.807) is 18.8 Å². The molecule has 2 aromatic heterocycles. The van der Waals surface area contributed by atoms with Crippen LogP contribution >= 0.6 is 0 Å². The van der Waals surface area contributed by atoms with E-state index < -0.39 is 0 Å². The van der Waals surface area contributed by atoms with E-state index in [0.717, 1.165) is 24.3 Å². The molecule has 0 bridgehead atoms. The van der Waals surface area contributed by atoms with Crippen LogP contribution in [0.5, 0.6) is 5.75 Å². The minimum atomic E-state index is -0.380. The lowest BCUT2D eigenvalue weighted by Crippen LogP contribution is -2.27. The van der Waals surface area contributed by atoms with E-state index in [2.05, 4.69) is 15.3 Å². The molecule has 1 aliphatic rings. The normalized spacial score (nSPS) is 14.7. The molecule has 1 saturated carbocycles. The Bertz CT molecular complexity index is 814. The van der Waals surface area contributed by atoms with Gasteiger partial charge in [-0.25, -0.2) is 14.5 Å². The third-order valence-corrected chi connectivity index (χ3v) is 5.19. The summed E-state index contributed by atoms with van der Waals surface area (Å²) in [6.45, 7) is 4.50. The van der Waals surface area contributed by atoms with Crippen molar-refractivity contribution in [2.24, 2.45) is 7.05 Å². The van der Waals surface area contributed by atoms with Gasteiger partial charge in [0, 0.05) is 20.6 Å². The van der Waals surface area contributed by atoms with E-state index in [-0.39, 0.29) is 18.8 Å².